The first-order valence-corrected chi connectivity index (χ1v) is 7.84. The van der Waals surface area contributed by atoms with Crippen LogP contribution >= 0.6 is 0 Å². The average molecular weight is 315 g/mol. The molecule has 122 valence electrons. The second-order valence-corrected chi connectivity index (χ2v) is 5.73. The normalized spacial score (nSPS) is 20.7. The van der Waals surface area contributed by atoms with E-state index in [0.29, 0.717) is 18.1 Å². The molecule has 1 aliphatic rings. The number of nitrogens with one attached hydrogen (secondary N) is 1. The first-order valence-electron chi connectivity index (χ1n) is 7.84. The van der Waals surface area contributed by atoms with Crippen molar-refractivity contribution in [3.05, 3.63) is 41.2 Å². The molecule has 7 nitrogen and oxygen atoms in total. The van der Waals surface area contributed by atoms with Crippen molar-refractivity contribution >= 4 is 5.91 Å². The molecule has 0 radical (unpaired) electrons. The van der Waals surface area contributed by atoms with E-state index < -0.39 is 0 Å². The molecule has 0 bridgehead atoms. The zero-order chi connectivity index (χ0) is 16.4. The summed E-state index contributed by atoms with van der Waals surface area (Å²) in [6.07, 6.45) is 4.38. The van der Waals surface area contributed by atoms with E-state index in [1.807, 2.05) is 24.7 Å². The Bertz CT molecular complexity index is 692. The third-order valence-electron chi connectivity index (χ3n) is 3.91. The van der Waals surface area contributed by atoms with Gasteiger partial charge in [0.1, 0.15) is 17.6 Å². The van der Waals surface area contributed by atoms with Gasteiger partial charge in [0.15, 0.2) is 0 Å². The van der Waals surface area contributed by atoms with Gasteiger partial charge in [-0.3, -0.25) is 9.48 Å². The highest BCUT2D eigenvalue weighted by atomic mass is 16.5. The molecule has 1 amide bonds. The molecule has 23 heavy (non-hydrogen) atoms. The largest absolute Gasteiger partial charge is 0.371 e. The quantitative estimate of drug-likeness (QED) is 0.926. The molecule has 0 aliphatic carbocycles. The Morgan fingerprint density at radius 2 is 2.26 bits per heavy atom. The fourth-order valence-corrected chi connectivity index (χ4v) is 2.84. The Morgan fingerprint density at radius 1 is 1.43 bits per heavy atom. The predicted octanol–water partition coefficient (Wildman–Crippen LogP) is 1.57. The maximum atomic E-state index is 12.5. The van der Waals surface area contributed by atoms with E-state index in [4.69, 9.17) is 4.74 Å². The number of carbonyl (C=O) groups is 1. The third kappa shape index (κ3) is 3.39. The summed E-state index contributed by atoms with van der Waals surface area (Å²) in [5.41, 5.74) is 2.17. The van der Waals surface area contributed by atoms with E-state index in [1.54, 1.807) is 19.2 Å². The van der Waals surface area contributed by atoms with Crippen LogP contribution in [0.4, 0.5) is 0 Å². The summed E-state index contributed by atoms with van der Waals surface area (Å²) in [5, 5.41) is 7.31. The van der Waals surface area contributed by atoms with Crippen molar-refractivity contribution < 1.29 is 9.53 Å². The van der Waals surface area contributed by atoms with Gasteiger partial charge in [-0.1, -0.05) is 0 Å². The lowest BCUT2D eigenvalue weighted by Crippen LogP contribution is -2.37. The molecule has 1 N–H and O–H groups in total. The summed E-state index contributed by atoms with van der Waals surface area (Å²) >= 11 is 0. The number of aromatic nitrogens is 4. The maximum absolute atomic E-state index is 12.5. The van der Waals surface area contributed by atoms with Gasteiger partial charge in [0.05, 0.1) is 12.2 Å². The van der Waals surface area contributed by atoms with Crippen LogP contribution < -0.4 is 5.32 Å². The minimum atomic E-state index is -0.193. The second kappa shape index (κ2) is 6.45. The molecular formula is C16H21N5O2. The van der Waals surface area contributed by atoms with E-state index >= 15 is 0 Å². The van der Waals surface area contributed by atoms with Crippen LogP contribution in [0, 0.1) is 13.8 Å². The van der Waals surface area contributed by atoms with Crippen molar-refractivity contribution in [2.45, 2.75) is 45.9 Å². The first kappa shape index (κ1) is 15.6. The zero-order valence-electron chi connectivity index (χ0n) is 13.6. The molecule has 0 spiro atoms. The Kier molecular flexibility index (Phi) is 4.38. The molecule has 0 aromatic carbocycles. The molecule has 7 heteroatoms. The Hall–Kier alpha value is -2.28. The molecule has 2 atom stereocenters. The standard InChI is InChI=1S/C16H21N5O2/c1-4-21-9-12(8-17-21)15-13(5-6-23-15)20-16(22)14-7-10(2)18-11(3)19-14/h7-9,13,15H,4-6H2,1-3H3,(H,20,22)/t13-,15+/m0/s1. The van der Waals surface area contributed by atoms with Crippen LogP contribution in [0.15, 0.2) is 18.5 Å². The molecular weight excluding hydrogens is 294 g/mol. The van der Waals surface area contributed by atoms with Gasteiger partial charge in [0.25, 0.3) is 5.91 Å². The number of carbonyl (C=O) groups excluding carboxylic acids is 1. The second-order valence-electron chi connectivity index (χ2n) is 5.73. The molecule has 0 saturated carbocycles. The average Bonchev–Trinajstić information content (AvgIpc) is 3.14. The number of amides is 1. The van der Waals surface area contributed by atoms with Gasteiger partial charge >= 0.3 is 0 Å². The van der Waals surface area contributed by atoms with Gasteiger partial charge in [-0.25, -0.2) is 9.97 Å². The van der Waals surface area contributed by atoms with Crippen molar-refractivity contribution in [2.75, 3.05) is 6.61 Å². The highest BCUT2D eigenvalue weighted by Crippen LogP contribution is 2.29. The van der Waals surface area contributed by atoms with Crippen LogP contribution in [-0.4, -0.2) is 38.3 Å². The zero-order valence-corrected chi connectivity index (χ0v) is 13.6. The van der Waals surface area contributed by atoms with Gasteiger partial charge in [-0.2, -0.15) is 5.10 Å². The summed E-state index contributed by atoms with van der Waals surface area (Å²) in [6, 6.07) is 1.62. The lowest BCUT2D eigenvalue weighted by Gasteiger charge is -2.18. The Labute approximate surface area is 135 Å². The molecule has 1 aliphatic heterocycles. The van der Waals surface area contributed by atoms with E-state index in [1.165, 1.54) is 0 Å². The number of hydrogen-bond donors (Lipinski definition) is 1. The van der Waals surface area contributed by atoms with E-state index in [-0.39, 0.29) is 18.1 Å². The number of ether oxygens (including phenoxy) is 1. The SMILES string of the molecule is CCn1cc([C@H]2OCC[C@@H]2NC(=O)c2cc(C)nc(C)n2)cn1. The molecule has 2 aromatic rings. The van der Waals surface area contributed by atoms with Crippen molar-refractivity contribution in [3.8, 4) is 0 Å². The van der Waals surface area contributed by atoms with Crippen LogP contribution in [0.2, 0.25) is 0 Å². The van der Waals surface area contributed by atoms with Crippen molar-refractivity contribution in [1.82, 2.24) is 25.1 Å². The molecule has 1 saturated heterocycles. The van der Waals surface area contributed by atoms with Gasteiger partial charge < -0.3 is 10.1 Å². The van der Waals surface area contributed by atoms with E-state index in [0.717, 1.165) is 24.2 Å². The number of rotatable bonds is 4. The van der Waals surface area contributed by atoms with E-state index in [9.17, 15) is 4.79 Å². The van der Waals surface area contributed by atoms with Crippen LogP contribution in [-0.2, 0) is 11.3 Å². The van der Waals surface area contributed by atoms with Crippen molar-refractivity contribution in [3.63, 3.8) is 0 Å². The van der Waals surface area contributed by atoms with Crippen LogP contribution in [0.25, 0.3) is 0 Å². The molecule has 1 fully saturated rings. The first-order chi connectivity index (χ1) is 11.1. The van der Waals surface area contributed by atoms with Crippen molar-refractivity contribution in [1.29, 1.82) is 0 Å². The van der Waals surface area contributed by atoms with Gasteiger partial charge in [0.2, 0.25) is 0 Å². The van der Waals surface area contributed by atoms with Crippen LogP contribution in [0.1, 0.15) is 47.0 Å². The number of hydrogen-bond acceptors (Lipinski definition) is 5. The van der Waals surface area contributed by atoms with Gasteiger partial charge in [0, 0.05) is 30.6 Å². The topological polar surface area (TPSA) is 81.9 Å². The summed E-state index contributed by atoms with van der Waals surface area (Å²) in [7, 11) is 0. The van der Waals surface area contributed by atoms with Gasteiger partial charge in [-0.05, 0) is 33.3 Å². The predicted molar refractivity (Wildman–Crippen MR) is 84.0 cm³/mol. The number of nitrogens with zero attached hydrogens (tertiary/aromatic N) is 4. The summed E-state index contributed by atoms with van der Waals surface area (Å²) in [6.45, 7) is 7.10. The van der Waals surface area contributed by atoms with Crippen molar-refractivity contribution in [2.24, 2.45) is 0 Å². The van der Waals surface area contributed by atoms with E-state index in [2.05, 4.69) is 20.4 Å². The molecule has 0 unspecified atom stereocenters. The summed E-state index contributed by atoms with van der Waals surface area (Å²) in [4.78, 5) is 20.9. The highest BCUT2D eigenvalue weighted by Gasteiger charge is 2.32. The highest BCUT2D eigenvalue weighted by molar-refractivity contribution is 5.92. The Balaban J connectivity index is 1.74. The molecule has 3 rings (SSSR count). The third-order valence-corrected chi connectivity index (χ3v) is 3.91. The molecule has 3 heterocycles. The smallest absolute Gasteiger partial charge is 0.270 e. The fourth-order valence-electron chi connectivity index (χ4n) is 2.84. The summed E-state index contributed by atoms with van der Waals surface area (Å²) < 4.78 is 7.65. The fraction of sp³-hybridized carbons (Fsp3) is 0.500. The number of aryl methyl sites for hydroxylation is 3. The minimum Gasteiger partial charge on any atom is -0.371 e. The lowest BCUT2D eigenvalue weighted by molar-refractivity contribution is 0.0817. The van der Waals surface area contributed by atoms with Crippen LogP contribution in [0.5, 0.6) is 0 Å². The molecule has 2 aromatic heterocycles. The summed E-state index contributed by atoms with van der Waals surface area (Å²) in [5.74, 6) is 0.403. The maximum Gasteiger partial charge on any atom is 0.270 e. The Morgan fingerprint density at radius 3 is 2.96 bits per heavy atom. The van der Waals surface area contributed by atoms with Crippen LogP contribution in [0.3, 0.4) is 0 Å². The lowest BCUT2D eigenvalue weighted by atomic mass is 10.1. The minimum absolute atomic E-state index is 0.0763. The monoisotopic (exact) mass is 315 g/mol. The van der Waals surface area contributed by atoms with Gasteiger partial charge in [-0.15, -0.1) is 0 Å².